The third-order valence-corrected chi connectivity index (χ3v) is 5.45. The summed E-state index contributed by atoms with van der Waals surface area (Å²) in [5.74, 6) is 1.58. The molecule has 2 fully saturated rings. The van der Waals surface area contributed by atoms with Gasteiger partial charge in [-0.25, -0.2) is 0 Å². The van der Waals surface area contributed by atoms with Gasteiger partial charge >= 0.3 is 0 Å². The summed E-state index contributed by atoms with van der Waals surface area (Å²) in [7, 11) is 3.35. The van der Waals surface area contributed by atoms with Crippen LogP contribution in [0.5, 0.6) is 11.5 Å². The van der Waals surface area contributed by atoms with Gasteiger partial charge in [0.25, 0.3) is 0 Å². The predicted molar refractivity (Wildman–Crippen MR) is 103 cm³/mol. The molecule has 2 unspecified atom stereocenters. The lowest BCUT2D eigenvalue weighted by Crippen LogP contribution is -2.45. The van der Waals surface area contributed by atoms with Crippen LogP contribution in [0, 0.1) is 0 Å². The molecule has 0 amide bonds. The van der Waals surface area contributed by atoms with E-state index in [0.29, 0.717) is 12.1 Å². The number of hydrogen-bond acceptors (Lipinski definition) is 4. The van der Waals surface area contributed by atoms with Gasteiger partial charge in [0, 0.05) is 6.04 Å². The average Bonchev–Trinajstić information content (AvgIpc) is 3.16. The fraction of sp³-hybridized carbons (Fsp3) is 0.700. The van der Waals surface area contributed by atoms with Crippen LogP contribution in [0.4, 0.5) is 0 Å². The van der Waals surface area contributed by atoms with Gasteiger partial charge in [0.1, 0.15) is 0 Å². The van der Waals surface area contributed by atoms with E-state index in [2.05, 4.69) is 17.0 Å². The van der Waals surface area contributed by atoms with Crippen LogP contribution in [-0.4, -0.2) is 51.0 Å². The van der Waals surface area contributed by atoms with E-state index in [-0.39, 0.29) is 12.4 Å². The van der Waals surface area contributed by atoms with Crippen LogP contribution in [-0.2, 0) is 11.2 Å². The van der Waals surface area contributed by atoms with E-state index >= 15 is 0 Å². The Morgan fingerprint density at radius 2 is 1.68 bits per heavy atom. The Bertz CT molecular complexity index is 520. The van der Waals surface area contributed by atoms with Crippen molar-refractivity contribution in [3.63, 3.8) is 0 Å². The summed E-state index contributed by atoms with van der Waals surface area (Å²) < 4.78 is 17.0. The third-order valence-electron chi connectivity index (χ3n) is 5.45. The van der Waals surface area contributed by atoms with Crippen molar-refractivity contribution in [1.29, 1.82) is 0 Å². The molecule has 1 heterocycles. The number of likely N-dealkylation sites (tertiary alicyclic amines) is 1. The molecule has 4 nitrogen and oxygen atoms in total. The molecule has 3 rings (SSSR count). The zero-order valence-corrected chi connectivity index (χ0v) is 16.4. The molecule has 0 N–H and O–H groups in total. The molecule has 5 heteroatoms. The van der Waals surface area contributed by atoms with Crippen molar-refractivity contribution >= 4 is 12.4 Å². The van der Waals surface area contributed by atoms with Gasteiger partial charge in [-0.2, -0.15) is 0 Å². The lowest BCUT2D eigenvalue weighted by molar-refractivity contribution is -0.0290. The second-order valence-electron chi connectivity index (χ2n) is 6.94. The van der Waals surface area contributed by atoms with Crippen molar-refractivity contribution in [2.45, 2.75) is 57.1 Å². The van der Waals surface area contributed by atoms with Gasteiger partial charge in [0.05, 0.1) is 26.9 Å². The fourth-order valence-corrected chi connectivity index (χ4v) is 4.13. The van der Waals surface area contributed by atoms with Crippen LogP contribution < -0.4 is 9.47 Å². The van der Waals surface area contributed by atoms with Crippen LogP contribution in [0.1, 0.15) is 44.1 Å². The molecule has 2 aliphatic rings. The summed E-state index contributed by atoms with van der Waals surface area (Å²) in [6, 6.07) is 6.78. The van der Waals surface area contributed by atoms with E-state index in [1.165, 1.54) is 57.2 Å². The Kier molecular flexibility index (Phi) is 8.34. The first-order valence-corrected chi connectivity index (χ1v) is 9.38. The summed E-state index contributed by atoms with van der Waals surface area (Å²) in [5.41, 5.74) is 1.24. The molecule has 2 atom stereocenters. The summed E-state index contributed by atoms with van der Waals surface area (Å²) in [4.78, 5) is 2.67. The molecule has 1 aromatic carbocycles. The van der Waals surface area contributed by atoms with Gasteiger partial charge in [-0.1, -0.05) is 18.9 Å². The van der Waals surface area contributed by atoms with Crippen molar-refractivity contribution in [3.05, 3.63) is 23.8 Å². The highest BCUT2D eigenvalue weighted by atomic mass is 35.5. The standard InChI is InChI=1S/C20H31NO3.ClH/c1-22-19-10-9-16(15-20(19)23-2)11-14-24-18-8-4-3-7-17(18)21-12-5-6-13-21;/h9-10,15,17-18H,3-8,11-14H2,1-2H3;1H. The Labute approximate surface area is 158 Å². The molecule has 1 saturated heterocycles. The molecule has 0 spiro atoms. The van der Waals surface area contributed by atoms with E-state index in [0.717, 1.165) is 24.5 Å². The zero-order valence-electron chi connectivity index (χ0n) is 15.5. The summed E-state index contributed by atoms with van der Waals surface area (Å²) in [6.07, 6.45) is 9.24. The monoisotopic (exact) mass is 369 g/mol. The Morgan fingerprint density at radius 3 is 2.40 bits per heavy atom. The summed E-state index contributed by atoms with van der Waals surface area (Å²) in [6.45, 7) is 3.31. The lowest BCUT2D eigenvalue weighted by atomic mass is 9.91. The Hall–Kier alpha value is -0.970. The van der Waals surface area contributed by atoms with E-state index in [1.807, 2.05) is 6.07 Å². The van der Waals surface area contributed by atoms with E-state index in [4.69, 9.17) is 14.2 Å². The van der Waals surface area contributed by atoms with Gasteiger partial charge in [-0.05, 0) is 62.9 Å². The summed E-state index contributed by atoms with van der Waals surface area (Å²) in [5, 5.41) is 0. The van der Waals surface area contributed by atoms with Crippen LogP contribution in [0.25, 0.3) is 0 Å². The molecule has 1 aliphatic heterocycles. The number of methoxy groups -OCH3 is 2. The lowest BCUT2D eigenvalue weighted by Gasteiger charge is -2.37. The highest BCUT2D eigenvalue weighted by Gasteiger charge is 2.31. The SMILES string of the molecule is COc1ccc(CCOC2CCCCC2N2CCCC2)cc1OC.Cl. The Balaban J connectivity index is 0.00000225. The normalized spacial score (nSPS) is 23.9. The molecule has 1 aromatic rings. The molecule has 25 heavy (non-hydrogen) atoms. The largest absolute Gasteiger partial charge is 0.493 e. The molecular weight excluding hydrogens is 338 g/mol. The second kappa shape index (κ2) is 10.2. The maximum Gasteiger partial charge on any atom is 0.160 e. The van der Waals surface area contributed by atoms with Crippen LogP contribution in [0.3, 0.4) is 0 Å². The fourth-order valence-electron chi connectivity index (χ4n) is 4.13. The van der Waals surface area contributed by atoms with Crippen molar-refractivity contribution in [3.8, 4) is 11.5 Å². The third kappa shape index (κ3) is 5.25. The van der Waals surface area contributed by atoms with Gasteiger partial charge in [-0.15, -0.1) is 12.4 Å². The van der Waals surface area contributed by atoms with Gasteiger partial charge < -0.3 is 14.2 Å². The van der Waals surface area contributed by atoms with Crippen LogP contribution in [0.2, 0.25) is 0 Å². The minimum absolute atomic E-state index is 0. The number of hydrogen-bond donors (Lipinski definition) is 0. The predicted octanol–water partition coefficient (Wildman–Crippen LogP) is 4.09. The summed E-state index contributed by atoms with van der Waals surface area (Å²) >= 11 is 0. The molecular formula is C20H32ClNO3. The highest BCUT2D eigenvalue weighted by molar-refractivity contribution is 5.85. The van der Waals surface area contributed by atoms with Crippen molar-refractivity contribution in [2.75, 3.05) is 33.9 Å². The maximum atomic E-state index is 6.33. The molecule has 0 aromatic heterocycles. The highest BCUT2D eigenvalue weighted by Crippen LogP contribution is 2.29. The number of benzene rings is 1. The first-order valence-electron chi connectivity index (χ1n) is 9.38. The topological polar surface area (TPSA) is 30.9 Å². The minimum Gasteiger partial charge on any atom is -0.493 e. The molecule has 0 radical (unpaired) electrons. The number of nitrogens with zero attached hydrogens (tertiary/aromatic N) is 1. The number of rotatable bonds is 7. The van der Waals surface area contributed by atoms with Gasteiger partial charge in [-0.3, -0.25) is 4.90 Å². The maximum absolute atomic E-state index is 6.33. The first kappa shape index (κ1) is 20.3. The molecule has 142 valence electrons. The second-order valence-corrected chi connectivity index (χ2v) is 6.94. The molecule has 1 saturated carbocycles. The van der Waals surface area contributed by atoms with Crippen molar-refractivity contribution in [1.82, 2.24) is 4.90 Å². The number of halogens is 1. The van der Waals surface area contributed by atoms with Gasteiger partial charge in [0.2, 0.25) is 0 Å². The van der Waals surface area contributed by atoms with Gasteiger partial charge in [0.15, 0.2) is 11.5 Å². The smallest absolute Gasteiger partial charge is 0.160 e. The Morgan fingerprint density at radius 1 is 0.960 bits per heavy atom. The van der Waals surface area contributed by atoms with Crippen molar-refractivity contribution in [2.24, 2.45) is 0 Å². The van der Waals surface area contributed by atoms with Crippen molar-refractivity contribution < 1.29 is 14.2 Å². The quantitative estimate of drug-likeness (QED) is 0.724. The van der Waals surface area contributed by atoms with E-state index in [9.17, 15) is 0 Å². The average molecular weight is 370 g/mol. The van der Waals surface area contributed by atoms with E-state index in [1.54, 1.807) is 14.2 Å². The number of ether oxygens (including phenoxy) is 3. The van der Waals surface area contributed by atoms with Crippen LogP contribution >= 0.6 is 12.4 Å². The minimum atomic E-state index is 0. The first-order chi connectivity index (χ1) is 11.8. The molecule has 0 bridgehead atoms. The molecule has 1 aliphatic carbocycles. The van der Waals surface area contributed by atoms with Crippen LogP contribution in [0.15, 0.2) is 18.2 Å². The van der Waals surface area contributed by atoms with E-state index < -0.39 is 0 Å². The zero-order chi connectivity index (χ0) is 16.8.